The molecule has 0 spiro atoms. The number of benzene rings is 1. The second-order valence-corrected chi connectivity index (χ2v) is 4.16. The maximum atomic E-state index is 11.1. The van der Waals surface area contributed by atoms with E-state index in [9.17, 15) is 4.79 Å². The van der Waals surface area contributed by atoms with Crippen molar-refractivity contribution < 1.29 is 15.1 Å². The van der Waals surface area contributed by atoms with Gasteiger partial charge in [-0.25, -0.2) is 4.79 Å². The number of nitrogens with zero attached hydrogens (tertiary/aromatic N) is 1. The molecule has 86 valence electrons. The normalized spacial score (nSPS) is 12.6. The fourth-order valence-electron chi connectivity index (χ4n) is 1.53. The van der Waals surface area contributed by atoms with Gasteiger partial charge in [-0.2, -0.15) is 0 Å². The molecular weight excluding hydrogens is 206 g/mol. The first-order valence-electron chi connectivity index (χ1n) is 4.93. The molecule has 0 aromatic heterocycles. The molecule has 0 unspecified atom stereocenters. The smallest absolute Gasteiger partial charge is 0.335 e. The summed E-state index contributed by atoms with van der Waals surface area (Å²) in [5, 5.41) is 21.0. The van der Waals surface area contributed by atoms with E-state index < -0.39 is 11.4 Å². The van der Waals surface area contributed by atoms with Gasteiger partial charge in [0.2, 0.25) is 0 Å². The Labute approximate surface area is 94.2 Å². The molecular formula is C12H15NO3. The molecule has 0 aliphatic heterocycles. The van der Waals surface area contributed by atoms with Crippen LogP contribution in [0.15, 0.2) is 29.4 Å². The van der Waals surface area contributed by atoms with Crippen LogP contribution < -0.4 is 0 Å². The van der Waals surface area contributed by atoms with Crippen molar-refractivity contribution in [3.63, 3.8) is 0 Å². The third kappa shape index (κ3) is 2.05. The highest BCUT2D eigenvalue weighted by molar-refractivity contribution is 5.97. The van der Waals surface area contributed by atoms with Gasteiger partial charge in [-0.15, -0.1) is 0 Å². The second-order valence-electron chi connectivity index (χ2n) is 4.16. The van der Waals surface area contributed by atoms with E-state index in [1.165, 1.54) is 0 Å². The SMILES string of the molecule is CC(=NO)C(C)(C)c1ccccc1C(=O)O. The van der Waals surface area contributed by atoms with Crippen LogP contribution in [-0.2, 0) is 5.41 Å². The summed E-state index contributed by atoms with van der Waals surface area (Å²) < 4.78 is 0. The number of aromatic carboxylic acids is 1. The first-order valence-corrected chi connectivity index (χ1v) is 4.93. The van der Waals surface area contributed by atoms with Gasteiger partial charge >= 0.3 is 5.97 Å². The zero-order valence-electron chi connectivity index (χ0n) is 9.56. The first-order chi connectivity index (χ1) is 7.41. The fourth-order valence-corrected chi connectivity index (χ4v) is 1.53. The largest absolute Gasteiger partial charge is 0.478 e. The Morgan fingerprint density at radius 2 is 1.88 bits per heavy atom. The standard InChI is InChI=1S/C12H15NO3/c1-8(13-16)12(2,3)10-7-5-4-6-9(10)11(14)15/h4-7,16H,1-3H3,(H,14,15). The van der Waals surface area contributed by atoms with E-state index in [1.807, 2.05) is 13.8 Å². The molecule has 4 nitrogen and oxygen atoms in total. The lowest BCUT2D eigenvalue weighted by Crippen LogP contribution is -2.29. The second kappa shape index (κ2) is 4.35. The summed E-state index contributed by atoms with van der Waals surface area (Å²) in [7, 11) is 0. The van der Waals surface area contributed by atoms with Crippen molar-refractivity contribution >= 4 is 11.7 Å². The molecule has 2 N–H and O–H groups in total. The van der Waals surface area contributed by atoms with Crippen LogP contribution in [0.2, 0.25) is 0 Å². The van der Waals surface area contributed by atoms with Crippen LogP contribution in [-0.4, -0.2) is 22.0 Å². The summed E-state index contributed by atoms with van der Waals surface area (Å²) >= 11 is 0. The molecule has 0 aliphatic carbocycles. The molecule has 0 fully saturated rings. The highest BCUT2D eigenvalue weighted by Gasteiger charge is 2.29. The van der Waals surface area contributed by atoms with Gasteiger partial charge in [0.15, 0.2) is 0 Å². The van der Waals surface area contributed by atoms with E-state index in [4.69, 9.17) is 10.3 Å². The van der Waals surface area contributed by atoms with Crippen molar-refractivity contribution in [2.75, 3.05) is 0 Å². The Balaban J connectivity index is 3.38. The van der Waals surface area contributed by atoms with Crippen molar-refractivity contribution in [3.8, 4) is 0 Å². The van der Waals surface area contributed by atoms with Crippen LogP contribution in [0, 0.1) is 0 Å². The van der Waals surface area contributed by atoms with E-state index in [0.29, 0.717) is 11.3 Å². The van der Waals surface area contributed by atoms with Crippen molar-refractivity contribution in [1.29, 1.82) is 0 Å². The van der Waals surface area contributed by atoms with Gasteiger partial charge in [0, 0.05) is 5.41 Å². The molecule has 4 heteroatoms. The van der Waals surface area contributed by atoms with Gasteiger partial charge < -0.3 is 10.3 Å². The van der Waals surface area contributed by atoms with E-state index in [1.54, 1.807) is 31.2 Å². The first kappa shape index (κ1) is 12.2. The van der Waals surface area contributed by atoms with Crippen LogP contribution in [0.1, 0.15) is 36.7 Å². The molecule has 0 amide bonds. The predicted octanol–water partition coefficient (Wildman–Crippen LogP) is 2.51. The molecule has 0 saturated carbocycles. The molecule has 0 bridgehead atoms. The highest BCUT2D eigenvalue weighted by atomic mass is 16.4. The van der Waals surface area contributed by atoms with Crippen molar-refractivity contribution in [2.24, 2.45) is 5.16 Å². The Kier molecular flexibility index (Phi) is 3.32. The van der Waals surface area contributed by atoms with Crippen LogP contribution in [0.5, 0.6) is 0 Å². The zero-order chi connectivity index (χ0) is 12.3. The Hall–Kier alpha value is -1.84. The van der Waals surface area contributed by atoms with Crippen LogP contribution in [0.4, 0.5) is 0 Å². The molecule has 0 saturated heterocycles. The lowest BCUT2D eigenvalue weighted by Gasteiger charge is -2.25. The summed E-state index contributed by atoms with van der Waals surface area (Å²) in [6, 6.07) is 6.73. The summed E-state index contributed by atoms with van der Waals surface area (Å²) in [5.74, 6) is -0.977. The van der Waals surface area contributed by atoms with Crippen LogP contribution in [0.3, 0.4) is 0 Å². The number of oxime groups is 1. The molecule has 0 heterocycles. The lowest BCUT2D eigenvalue weighted by atomic mass is 9.78. The number of carboxylic acid groups (broad SMARTS) is 1. The molecule has 16 heavy (non-hydrogen) atoms. The minimum Gasteiger partial charge on any atom is -0.478 e. The molecule has 1 aromatic rings. The number of carbonyl (C=O) groups is 1. The third-order valence-electron chi connectivity index (χ3n) is 2.89. The van der Waals surface area contributed by atoms with Gasteiger partial charge in [0.05, 0.1) is 11.3 Å². The van der Waals surface area contributed by atoms with E-state index in [2.05, 4.69) is 5.16 Å². The highest BCUT2D eigenvalue weighted by Crippen LogP contribution is 2.28. The fraction of sp³-hybridized carbons (Fsp3) is 0.333. The Morgan fingerprint density at radius 3 is 2.38 bits per heavy atom. The van der Waals surface area contributed by atoms with Crippen LogP contribution in [0.25, 0.3) is 0 Å². The molecule has 0 radical (unpaired) electrons. The summed E-state index contributed by atoms with van der Waals surface area (Å²) in [4.78, 5) is 11.1. The Morgan fingerprint density at radius 1 is 1.31 bits per heavy atom. The van der Waals surface area contributed by atoms with E-state index >= 15 is 0 Å². The predicted molar refractivity (Wildman–Crippen MR) is 61.3 cm³/mol. The maximum Gasteiger partial charge on any atom is 0.335 e. The van der Waals surface area contributed by atoms with Gasteiger partial charge in [-0.1, -0.05) is 37.2 Å². The molecule has 0 atom stereocenters. The lowest BCUT2D eigenvalue weighted by molar-refractivity contribution is 0.0694. The molecule has 0 aliphatic rings. The number of carboxylic acids is 1. The van der Waals surface area contributed by atoms with Gasteiger partial charge in [-0.05, 0) is 18.6 Å². The summed E-state index contributed by atoms with van der Waals surface area (Å²) in [6.07, 6.45) is 0. The summed E-state index contributed by atoms with van der Waals surface area (Å²) in [5.41, 5.74) is 0.735. The molecule has 1 rings (SSSR count). The zero-order valence-corrected chi connectivity index (χ0v) is 9.56. The monoisotopic (exact) mass is 221 g/mol. The number of rotatable bonds is 3. The average Bonchev–Trinajstić information content (AvgIpc) is 2.27. The van der Waals surface area contributed by atoms with Gasteiger partial charge in [0.1, 0.15) is 0 Å². The van der Waals surface area contributed by atoms with E-state index in [0.717, 1.165) is 0 Å². The van der Waals surface area contributed by atoms with Gasteiger partial charge in [-0.3, -0.25) is 0 Å². The van der Waals surface area contributed by atoms with Gasteiger partial charge in [0.25, 0.3) is 0 Å². The van der Waals surface area contributed by atoms with E-state index in [-0.39, 0.29) is 5.56 Å². The quantitative estimate of drug-likeness (QED) is 0.468. The number of hydrogen-bond acceptors (Lipinski definition) is 3. The summed E-state index contributed by atoms with van der Waals surface area (Å²) in [6.45, 7) is 5.31. The Bertz CT molecular complexity index is 436. The third-order valence-corrected chi connectivity index (χ3v) is 2.89. The maximum absolute atomic E-state index is 11.1. The number of hydrogen-bond donors (Lipinski definition) is 2. The average molecular weight is 221 g/mol. The minimum atomic E-state index is -0.977. The van der Waals surface area contributed by atoms with Crippen molar-refractivity contribution in [1.82, 2.24) is 0 Å². The van der Waals surface area contributed by atoms with Crippen molar-refractivity contribution in [3.05, 3.63) is 35.4 Å². The minimum absolute atomic E-state index is 0.232. The topological polar surface area (TPSA) is 69.9 Å². The van der Waals surface area contributed by atoms with Crippen molar-refractivity contribution in [2.45, 2.75) is 26.2 Å². The molecule has 1 aromatic carbocycles. The van der Waals surface area contributed by atoms with Crippen LogP contribution >= 0.6 is 0 Å².